The molecule has 1 atom stereocenters. The van der Waals surface area contributed by atoms with Crippen molar-refractivity contribution in [3.05, 3.63) is 65.7 Å². The summed E-state index contributed by atoms with van der Waals surface area (Å²) in [4.78, 5) is 22.1. The van der Waals surface area contributed by atoms with Gasteiger partial charge in [-0.15, -0.1) is 0 Å². The van der Waals surface area contributed by atoms with Crippen molar-refractivity contribution in [1.82, 2.24) is 9.88 Å². The number of alkyl halides is 3. The minimum Gasteiger partial charge on any atom is -0.356 e. The molecule has 1 spiro atoms. The summed E-state index contributed by atoms with van der Waals surface area (Å²) in [5.41, 5.74) is 1.96. The van der Waals surface area contributed by atoms with E-state index in [1.165, 1.54) is 25.0 Å². The van der Waals surface area contributed by atoms with Crippen molar-refractivity contribution >= 4 is 28.3 Å². The first-order valence-electron chi connectivity index (χ1n) is 12.0. The number of benzene rings is 2. The van der Waals surface area contributed by atoms with Crippen LogP contribution in [0.1, 0.15) is 30.4 Å². The molecule has 0 aliphatic carbocycles. The lowest BCUT2D eigenvalue weighted by molar-refractivity contribution is -0.137. The normalized spacial score (nSPS) is 20.7. The second-order valence-corrected chi connectivity index (χ2v) is 9.98. The first kappa shape index (κ1) is 23.6. The van der Waals surface area contributed by atoms with Gasteiger partial charge in [-0.25, -0.2) is 4.98 Å². The SMILES string of the molecule is CN1CCC2(CCN(c3ccc4cc(NC(=O)CCc5ccc(C(F)(F)F)cc5)ccc4n3)C2)C1. The number of fused-ring (bicyclic) bond motifs is 1. The smallest absolute Gasteiger partial charge is 0.356 e. The summed E-state index contributed by atoms with van der Waals surface area (Å²) >= 11 is 0. The fraction of sp³-hybridized carbons (Fsp3) is 0.407. The molecule has 1 amide bonds. The number of nitrogens with one attached hydrogen (secondary N) is 1. The van der Waals surface area contributed by atoms with Gasteiger partial charge in [0.2, 0.25) is 5.91 Å². The fourth-order valence-corrected chi connectivity index (χ4v) is 5.33. The molecule has 1 aromatic heterocycles. The molecule has 0 radical (unpaired) electrons. The fourth-order valence-electron chi connectivity index (χ4n) is 5.33. The van der Waals surface area contributed by atoms with Crippen LogP contribution in [-0.4, -0.2) is 49.0 Å². The number of amides is 1. The third kappa shape index (κ3) is 5.27. The summed E-state index contributed by atoms with van der Waals surface area (Å²) in [6.45, 7) is 4.39. The lowest BCUT2D eigenvalue weighted by Crippen LogP contribution is -2.30. The summed E-state index contributed by atoms with van der Waals surface area (Å²) in [6, 6.07) is 14.7. The zero-order chi connectivity index (χ0) is 24.6. The maximum atomic E-state index is 12.7. The summed E-state index contributed by atoms with van der Waals surface area (Å²) in [5, 5.41) is 3.83. The molecule has 184 valence electrons. The van der Waals surface area contributed by atoms with Crippen LogP contribution < -0.4 is 10.2 Å². The highest BCUT2D eigenvalue weighted by atomic mass is 19.4. The average Bonchev–Trinajstić information content (AvgIpc) is 3.42. The monoisotopic (exact) mass is 482 g/mol. The van der Waals surface area contributed by atoms with Crippen LogP contribution in [0, 0.1) is 5.41 Å². The van der Waals surface area contributed by atoms with Crippen LogP contribution in [0.5, 0.6) is 0 Å². The van der Waals surface area contributed by atoms with Crippen LogP contribution >= 0.6 is 0 Å². The summed E-state index contributed by atoms with van der Waals surface area (Å²) in [6.07, 6.45) is -1.35. The van der Waals surface area contributed by atoms with Crippen molar-refractivity contribution in [3.63, 3.8) is 0 Å². The molecule has 8 heteroatoms. The van der Waals surface area contributed by atoms with Gasteiger partial charge in [0, 0.05) is 42.5 Å². The van der Waals surface area contributed by atoms with Crippen molar-refractivity contribution in [2.24, 2.45) is 5.41 Å². The number of aromatic nitrogens is 1. The van der Waals surface area contributed by atoms with Gasteiger partial charge in [-0.1, -0.05) is 12.1 Å². The highest BCUT2D eigenvalue weighted by Crippen LogP contribution is 2.40. The van der Waals surface area contributed by atoms with E-state index < -0.39 is 11.7 Å². The van der Waals surface area contributed by atoms with E-state index in [2.05, 4.69) is 28.2 Å². The minimum atomic E-state index is -4.36. The minimum absolute atomic E-state index is 0.183. The Bertz CT molecular complexity index is 1230. The van der Waals surface area contributed by atoms with Gasteiger partial charge in [-0.05, 0) is 80.9 Å². The molecule has 2 saturated heterocycles. The topological polar surface area (TPSA) is 48.5 Å². The Hall–Kier alpha value is -3.13. The summed E-state index contributed by atoms with van der Waals surface area (Å²) in [5.74, 6) is 0.815. The quantitative estimate of drug-likeness (QED) is 0.532. The molecule has 2 fully saturated rings. The number of carbonyl (C=O) groups excluding carboxylic acids is 1. The van der Waals surface area contributed by atoms with Crippen molar-refractivity contribution in [3.8, 4) is 0 Å². The van der Waals surface area contributed by atoms with Crippen LogP contribution in [0.4, 0.5) is 24.7 Å². The third-order valence-corrected chi connectivity index (χ3v) is 7.27. The molecule has 1 N–H and O–H groups in total. The Morgan fingerprint density at radius 1 is 1.03 bits per heavy atom. The number of halogens is 3. The Balaban J connectivity index is 1.19. The number of carbonyl (C=O) groups is 1. The zero-order valence-corrected chi connectivity index (χ0v) is 19.7. The number of anilines is 2. The Morgan fingerprint density at radius 3 is 2.51 bits per heavy atom. The molecule has 1 unspecified atom stereocenters. The van der Waals surface area contributed by atoms with Crippen LogP contribution in [0.25, 0.3) is 10.9 Å². The average molecular weight is 483 g/mol. The molecule has 3 heterocycles. The van der Waals surface area contributed by atoms with E-state index in [1.54, 1.807) is 0 Å². The van der Waals surface area contributed by atoms with Gasteiger partial charge in [0.1, 0.15) is 5.82 Å². The molecule has 5 rings (SSSR count). The predicted molar refractivity (Wildman–Crippen MR) is 132 cm³/mol. The Labute approximate surface area is 202 Å². The van der Waals surface area contributed by atoms with Gasteiger partial charge in [-0.2, -0.15) is 13.2 Å². The number of rotatable bonds is 5. The number of nitrogens with zero attached hydrogens (tertiary/aromatic N) is 3. The maximum Gasteiger partial charge on any atom is 0.416 e. The highest BCUT2D eigenvalue weighted by molar-refractivity contribution is 5.94. The molecule has 2 aromatic carbocycles. The van der Waals surface area contributed by atoms with Crippen molar-refractivity contribution < 1.29 is 18.0 Å². The van der Waals surface area contributed by atoms with Gasteiger partial charge in [0.15, 0.2) is 0 Å². The standard InChI is InChI=1S/C27H29F3N4O/c1-33-14-12-26(17-33)13-15-34(18-26)24-10-5-20-16-22(8-9-23(20)32-24)31-25(35)11-4-19-2-6-21(7-3-19)27(28,29)30/h2-3,5-10,16H,4,11-15,17-18H2,1H3,(H,31,35). The van der Waals surface area contributed by atoms with Crippen LogP contribution in [0.15, 0.2) is 54.6 Å². The number of hydrogen-bond donors (Lipinski definition) is 1. The van der Waals surface area contributed by atoms with Gasteiger partial charge in [0.05, 0.1) is 11.1 Å². The van der Waals surface area contributed by atoms with E-state index in [4.69, 9.17) is 4.98 Å². The molecule has 5 nitrogen and oxygen atoms in total. The Kier molecular flexibility index (Phi) is 6.17. The second kappa shape index (κ2) is 9.15. The molecule has 2 aliphatic heterocycles. The lowest BCUT2D eigenvalue weighted by Gasteiger charge is -2.24. The Morgan fingerprint density at radius 2 is 1.80 bits per heavy atom. The van der Waals surface area contributed by atoms with E-state index in [9.17, 15) is 18.0 Å². The van der Waals surface area contributed by atoms with Crippen molar-refractivity contribution in [2.45, 2.75) is 31.9 Å². The molecular weight excluding hydrogens is 453 g/mol. The molecule has 0 saturated carbocycles. The van der Waals surface area contributed by atoms with Crippen LogP contribution in [-0.2, 0) is 17.4 Å². The van der Waals surface area contributed by atoms with Gasteiger partial charge >= 0.3 is 6.18 Å². The van der Waals surface area contributed by atoms with E-state index >= 15 is 0 Å². The second-order valence-electron chi connectivity index (χ2n) is 9.98. The van der Waals surface area contributed by atoms with E-state index in [0.29, 0.717) is 23.1 Å². The number of hydrogen-bond acceptors (Lipinski definition) is 4. The maximum absolute atomic E-state index is 12.7. The number of likely N-dealkylation sites (tertiary alicyclic amines) is 1. The first-order chi connectivity index (χ1) is 16.7. The van der Waals surface area contributed by atoms with E-state index in [1.807, 2.05) is 24.3 Å². The number of aryl methyl sites for hydroxylation is 1. The van der Waals surface area contributed by atoms with Gasteiger partial charge in [0.25, 0.3) is 0 Å². The largest absolute Gasteiger partial charge is 0.416 e. The van der Waals surface area contributed by atoms with E-state index in [-0.39, 0.29) is 12.3 Å². The lowest BCUT2D eigenvalue weighted by atomic mass is 9.86. The predicted octanol–water partition coefficient (Wildman–Crippen LogP) is 5.36. The molecule has 3 aromatic rings. The molecule has 0 bridgehead atoms. The molecular formula is C27H29F3N4O. The summed E-state index contributed by atoms with van der Waals surface area (Å²) in [7, 11) is 2.19. The number of pyridine rings is 1. The van der Waals surface area contributed by atoms with Gasteiger partial charge < -0.3 is 15.1 Å². The zero-order valence-electron chi connectivity index (χ0n) is 19.7. The van der Waals surface area contributed by atoms with Gasteiger partial charge in [-0.3, -0.25) is 4.79 Å². The van der Waals surface area contributed by atoms with Crippen LogP contribution in [0.2, 0.25) is 0 Å². The summed E-state index contributed by atoms with van der Waals surface area (Å²) < 4.78 is 38.1. The molecule has 2 aliphatic rings. The first-order valence-corrected chi connectivity index (χ1v) is 12.0. The van der Waals surface area contributed by atoms with Crippen molar-refractivity contribution in [1.29, 1.82) is 0 Å². The van der Waals surface area contributed by atoms with E-state index in [0.717, 1.165) is 55.0 Å². The highest BCUT2D eigenvalue weighted by Gasteiger charge is 2.42. The van der Waals surface area contributed by atoms with Crippen molar-refractivity contribution in [2.75, 3.05) is 43.4 Å². The molecule has 35 heavy (non-hydrogen) atoms. The third-order valence-electron chi connectivity index (χ3n) is 7.27. The van der Waals surface area contributed by atoms with Crippen LogP contribution in [0.3, 0.4) is 0 Å².